The summed E-state index contributed by atoms with van der Waals surface area (Å²) in [5, 5.41) is 0. The summed E-state index contributed by atoms with van der Waals surface area (Å²) in [5.41, 5.74) is 0.771. The number of nitrogens with one attached hydrogen (secondary N) is 1. The third-order valence-corrected chi connectivity index (χ3v) is 3.55. The van der Waals surface area contributed by atoms with E-state index in [9.17, 15) is 13.2 Å². The molecule has 4 nitrogen and oxygen atoms in total. The van der Waals surface area contributed by atoms with Gasteiger partial charge in [0.15, 0.2) is 11.5 Å². The summed E-state index contributed by atoms with van der Waals surface area (Å²) in [6.07, 6.45) is -4.39. The van der Waals surface area contributed by atoms with Crippen LogP contribution in [0.15, 0.2) is 36.4 Å². The van der Waals surface area contributed by atoms with Crippen LogP contribution in [0.2, 0.25) is 0 Å². The van der Waals surface area contributed by atoms with Crippen molar-refractivity contribution in [2.45, 2.75) is 13.1 Å². The van der Waals surface area contributed by atoms with Crippen molar-refractivity contribution < 1.29 is 22.6 Å². The molecule has 0 radical (unpaired) electrons. The molecule has 0 aliphatic rings. The SMILES string of the molecule is CCOc1ccc(-c2nc3ccc(C(F)(F)F)cc3[nH]2)cc1OC. The predicted molar refractivity (Wildman–Crippen MR) is 84.3 cm³/mol. The van der Waals surface area contributed by atoms with Crippen molar-refractivity contribution in [2.24, 2.45) is 0 Å². The molecule has 0 fully saturated rings. The maximum Gasteiger partial charge on any atom is 0.416 e. The molecule has 0 saturated heterocycles. The Kier molecular flexibility index (Phi) is 4.09. The minimum atomic E-state index is -4.39. The van der Waals surface area contributed by atoms with Gasteiger partial charge in [-0.3, -0.25) is 0 Å². The summed E-state index contributed by atoms with van der Waals surface area (Å²) in [5.74, 6) is 1.59. The summed E-state index contributed by atoms with van der Waals surface area (Å²) < 4.78 is 49.1. The minimum Gasteiger partial charge on any atom is -0.493 e. The fraction of sp³-hybridized carbons (Fsp3) is 0.235. The van der Waals surface area contributed by atoms with E-state index in [2.05, 4.69) is 9.97 Å². The lowest BCUT2D eigenvalue weighted by atomic mass is 10.2. The Morgan fingerprint density at radius 2 is 1.88 bits per heavy atom. The van der Waals surface area contributed by atoms with Crippen LogP contribution in [0.3, 0.4) is 0 Å². The molecule has 0 atom stereocenters. The van der Waals surface area contributed by atoms with Gasteiger partial charge in [-0.25, -0.2) is 4.98 Å². The van der Waals surface area contributed by atoms with E-state index in [0.29, 0.717) is 40.5 Å². The van der Waals surface area contributed by atoms with E-state index >= 15 is 0 Å². The average Bonchev–Trinajstić information content (AvgIpc) is 2.97. The molecular weight excluding hydrogens is 321 g/mol. The van der Waals surface area contributed by atoms with Gasteiger partial charge >= 0.3 is 6.18 Å². The second kappa shape index (κ2) is 6.07. The number of aromatic amines is 1. The molecule has 0 spiro atoms. The number of hydrogen-bond donors (Lipinski definition) is 1. The van der Waals surface area contributed by atoms with Crippen molar-refractivity contribution in [3.8, 4) is 22.9 Å². The zero-order chi connectivity index (χ0) is 17.3. The standard InChI is InChI=1S/C17H15F3N2O2/c1-3-24-14-7-4-10(8-15(14)23-2)16-21-12-6-5-11(17(18,19)20)9-13(12)22-16/h4-9H,3H2,1-2H3,(H,21,22). The fourth-order valence-corrected chi connectivity index (χ4v) is 2.41. The van der Waals surface area contributed by atoms with E-state index in [4.69, 9.17) is 9.47 Å². The molecule has 1 aromatic heterocycles. The van der Waals surface area contributed by atoms with Crippen molar-refractivity contribution in [3.05, 3.63) is 42.0 Å². The number of alkyl halides is 3. The number of hydrogen-bond acceptors (Lipinski definition) is 3. The van der Waals surface area contributed by atoms with Crippen molar-refractivity contribution >= 4 is 11.0 Å². The number of halogens is 3. The van der Waals surface area contributed by atoms with Gasteiger partial charge in [-0.15, -0.1) is 0 Å². The van der Waals surface area contributed by atoms with Crippen LogP contribution in [-0.2, 0) is 6.18 Å². The van der Waals surface area contributed by atoms with Gasteiger partial charge in [0.05, 0.1) is 30.3 Å². The first-order chi connectivity index (χ1) is 11.4. The Morgan fingerprint density at radius 1 is 1.08 bits per heavy atom. The summed E-state index contributed by atoms with van der Waals surface area (Å²) >= 11 is 0. The maximum absolute atomic E-state index is 12.8. The number of nitrogens with zero attached hydrogens (tertiary/aromatic N) is 1. The first-order valence-corrected chi connectivity index (χ1v) is 7.30. The predicted octanol–water partition coefficient (Wildman–Crippen LogP) is 4.66. The normalized spacial score (nSPS) is 11.7. The highest BCUT2D eigenvalue weighted by Gasteiger charge is 2.30. The molecule has 3 rings (SSSR count). The lowest BCUT2D eigenvalue weighted by molar-refractivity contribution is -0.137. The summed E-state index contributed by atoms with van der Waals surface area (Å²) in [7, 11) is 1.52. The van der Waals surface area contributed by atoms with E-state index in [0.717, 1.165) is 12.1 Å². The second-order valence-electron chi connectivity index (χ2n) is 5.11. The monoisotopic (exact) mass is 336 g/mol. The molecule has 0 bridgehead atoms. The van der Waals surface area contributed by atoms with Crippen LogP contribution in [0.25, 0.3) is 22.4 Å². The number of aromatic nitrogens is 2. The molecule has 0 aliphatic heterocycles. The number of fused-ring (bicyclic) bond motifs is 1. The average molecular weight is 336 g/mol. The summed E-state index contributed by atoms with van der Waals surface area (Å²) in [6.45, 7) is 2.37. The zero-order valence-electron chi connectivity index (χ0n) is 13.1. The third kappa shape index (κ3) is 3.02. The second-order valence-corrected chi connectivity index (χ2v) is 5.11. The van der Waals surface area contributed by atoms with E-state index in [-0.39, 0.29) is 0 Å². The topological polar surface area (TPSA) is 47.1 Å². The number of imidazole rings is 1. The number of ether oxygens (including phenoxy) is 2. The lowest BCUT2D eigenvalue weighted by Crippen LogP contribution is -2.04. The summed E-state index contributed by atoms with van der Waals surface area (Å²) in [6, 6.07) is 8.67. The summed E-state index contributed by atoms with van der Waals surface area (Å²) in [4.78, 5) is 7.26. The van der Waals surface area contributed by atoms with Crippen LogP contribution in [0.5, 0.6) is 11.5 Å². The van der Waals surface area contributed by atoms with Gasteiger partial charge in [0.1, 0.15) is 5.82 Å². The highest BCUT2D eigenvalue weighted by atomic mass is 19.4. The van der Waals surface area contributed by atoms with Crippen molar-refractivity contribution in [2.75, 3.05) is 13.7 Å². The number of H-pyrrole nitrogens is 1. The van der Waals surface area contributed by atoms with Gasteiger partial charge in [-0.05, 0) is 43.3 Å². The smallest absolute Gasteiger partial charge is 0.416 e. The van der Waals surface area contributed by atoms with Gasteiger partial charge < -0.3 is 14.5 Å². The highest BCUT2D eigenvalue weighted by Crippen LogP contribution is 2.34. The molecule has 1 N–H and O–H groups in total. The number of benzene rings is 2. The first-order valence-electron chi connectivity index (χ1n) is 7.30. The van der Waals surface area contributed by atoms with Gasteiger partial charge in [-0.1, -0.05) is 0 Å². The molecule has 0 aliphatic carbocycles. The van der Waals surface area contributed by atoms with Gasteiger partial charge in [-0.2, -0.15) is 13.2 Å². The van der Waals surface area contributed by atoms with Gasteiger partial charge in [0.25, 0.3) is 0 Å². The largest absolute Gasteiger partial charge is 0.493 e. The van der Waals surface area contributed by atoms with Gasteiger partial charge in [0, 0.05) is 5.56 Å². The third-order valence-electron chi connectivity index (χ3n) is 3.55. The minimum absolute atomic E-state index is 0.327. The van der Waals surface area contributed by atoms with E-state index in [1.54, 1.807) is 18.2 Å². The maximum atomic E-state index is 12.8. The number of methoxy groups -OCH3 is 1. The molecule has 24 heavy (non-hydrogen) atoms. The van der Waals surface area contributed by atoms with Crippen LogP contribution in [0, 0.1) is 0 Å². The van der Waals surface area contributed by atoms with Crippen LogP contribution >= 0.6 is 0 Å². The van der Waals surface area contributed by atoms with E-state index in [1.165, 1.54) is 13.2 Å². The molecule has 0 saturated carbocycles. The van der Waals surface area contributed by atoms with Gasteiger partial charge in [0.2, 0.25) is 0 Å². The Morgan fingerprint density at radius 3 is 2.54 bits per heavy atom. The van der Waals surface area contributed by atoms with Crippen molar-refractivity contribution in [1.29, 1.82) is 0 Å². The van der Waals surface area contributed by atoms with Crippen LogP contribution in [-0.4, -0.2) is 23.7 Å². The van der Waals surface area contributed by atoms with E-state index < -0.39 is 11.7 Å². The van der Waals surface area contributed by atoms with Crippen LogP contribution in [0.4, 0.5) is 13.2 Å². The molecule has 0 amide bonds. The Balaban J connectivity index is 2.03. The molecule has 0 unspecified atom stereocenters. The lowest BCUT2D eigenvalue weighted by Gasteiger charge is -2.09. The van der Waals surface area contributed by atoms with E-state index in [1.807, 2.05) is 6.92 Å². The fourth-order valence-electron chi connectivity index (χ4n) is 2.41. The highest BCUT2D eigenvalue weighted by molar-refractivity contribution is 5.80. The van der Waals surface area contributed by atoms with Crippen molar-refractivity contribution in [3.63, 3.8) is 0 Å². The Labute approximate surface area is 136 Å². The molecule has 2 aromatic carbocycles. The Hall–Kier alpha value is -2.70. The molecule has 3 aromatic rings. The van der Waals surface area contributed by atoms with Crippen molar-refractivity contribution in [1.82, 2.24) is 9.97 Å². The van der Waals surface area contributed by atoms with Crippen LogP contribution in [0.1, 0.15) is 12.5 Å². The zero-order valence-corrected chi connectivity index (χ0v) is 13.1. The molecule has 7 heteroatoms. The molecule has 1 heterocycles. The number of rotatable bonds is 4. The molecule has 126 valence electrons. The quantitative estimate of drug-likeness (QED) is 0.754. The Bertz CT molecular complexity index is 872. The molecular formula is C17H15F3N2O2. The van der Waals surface area contributed by atoms with Crippen LogP contribution < -0.4 is 9.47 Å². The first kappa shape index (κ1) is 16.2.